The van der Waals surface area contributed by atoms with Crippen LogP contribution in [-0.2, 0) is 6.42 Å². The van der Waals surface area contributed by atoms with Crippen LogP contribution in [0.25, 0.3) is 0 Å². The van der Waals surface area contributed by atoms with Gasteiger partial charge in [0, 0.05) is 5.56 Å². The first kappa shape index (κ1) is 14.0. The molecule has 0 radical (unpaired) electrons. The monoisotopic (exact) mass is 277 g/mol. The van der Waals surface area contributed by atoms with Gasteiger partial charge in [0.15, 0.2) is 0 Å². The third-order valence-corrected chi connectivity index (χ3v) is 4.47. The Bertz CT molecular complexity index is 548. The number of thiocarbonyl (C=S) groups is 1. The van der Waals surface area contributed by atoms with Crippen molar-refractivity contribution >= 4 is 23.2 Å². The molecule has 0 amide bonds. The van der Waals surface area contributed by atoms with Gasteiger partial charge < -0.3 is 10.8 Å². The highest BCUT2D eigenvalue weighted by atomic mass is 32.1. The summed E-state index contributed by atoms with van der Waals surface area (Å²) in [7, 11) is 0. The molecular formula is C15H19NO2S. The van der Waals surface area contributed by atoms with E-state index < -0.39 is 5.97 Å². The zero-order chi connectivity index (χ0) is 14.2. The zero-order valence-corrected chi connectivity index (χ0v) is 12.1. The van der Waals surface area contributed by atoms with Gasteiger partial charge in [-0.2, -0.15) is 0 Å². The highest BCUT2D eigenvalue weighted by Crippen LogP contribution is 2.33. The Labute approximate surface area is 118 Å². The average molecular weight is 277 g/mol. The van der Waals surface area contributed by atoms with Crippen molar-refractivity contribution in [2.75, 3.05) is 0 Å². The van der Waals surface area contributed by atoms with Crippen LogP contribution in [0.4, 0.5) is 0 Å². The fourth-order valence-electron chi connectivity index (χ4n) is 2.66. The molecule has 2 rings (SSSR count). The molecule has 0 aliphatic heterocycles. The molecule has 4 heteroatoms. The predicted molar refractivity (Wildman–Crippen MR) is 79.8 cm³/mol. The van der Waals surface area contributed by atoms with Gasteiger partial charge in [-0.15, -0.1) is 0 Å². The van der Waals surface area contributed by atoms with Gasteiger partial charge >= 0.3 is 5.97 Å². The van der Waals surface area contributed by atoms with Crippen LogP contribution in [0.3, 0.4) is 0 Å². The highest BCUT2D eigenvalue weighted by molar-refractivity contribution is 7.80. The van der Waals surface area contributed by atoms with Crippen molar-refractivity contribution in [3.63, 3.8) is 0 Å². The van der Waals surface area contributed by atoms with Crippen molar-refractivity contribution in [2.45, 2.75) is 39.5 Å². The maximum atomic E-state index is 11.3. The van der Waals surface area contributed by atoms with Gasteiger partial charge in [0.25, 0.3) is 0 Å². The van der Waals surface area contributed by atoms with Crippen LogP contribution in [0.15, 0.2) is 6.07 Å². The maximum absolute atomic E-state index is 11.3. The summed E-state index contributed by atoms with van der Waals surface area (Å²) in [5, 5.41) is 9.24. The summed E-state index contributed by atoms with van der Waals surface area (Å²) in [6.07, 6.45) is 4.74. The van der Waals surface area contributed by atoms with E-state index in [1.54, 1.807) is 6.07 Å². The zero-order valence-electron chi connectivity index (χ0n) is 11.3. The van der Waals surface area contributed by atoms with Gasteiger partial charge in [0.05, 0.1) is 5.56 Å². The fourth-order valence-corrected chi connectivity index (χ4v) is 2.84. The highest BCUT2D eigenvalue weighted by Gasteiger charge is 2.23. The molecule has 0 heterocycles. The number of carbonyl (C=O) groups is 1. The van der Waals surface area contributed by atoms with Crippen LogP contribution in [0.1, 0.15) is 51.9 Å². The molecule has 1 aliphatic carbocycles. The molecule has 0 unspecified atom stereocenters. The minimum atomic E-state index is -0.923. The van der Waals surface area contributed by atoms with E-state index in [9.17, 15) is 9.90 Å². The molecule has 3 N–H and O–H groups in total. The Morgan fingerprint density at radius 2 is 2.00 bits per heavy atom. The quantitative estimate of drug-likeness (QED) is 0.831. The van der Waals surface area contributed by atoms with Crippen LogP contribution < -0.4 is 5.73 Å². The third-order valence-electron chi connectivity index (χ3n) is 4.25. The molecule has 3 nitrogen and oxygen atoms in total. The van der Waals surface area contributed by atoms with Crippen molar-refractivity contribution in [3.05, 3.63) is 33.9 Å². The molecule has 0 atom stereocenters. The van der Waals surface area contributed by atoms with Crippen LogP contribution in [-0.4, -0.2) is 16.1 Å². The molecule has 102 valence electrons. The number of carboxylic acid groups (broad SMARTS) is 1. The molecular weight excluding hydrogens is 258 g/mol. The van der Waals surface area contributed by atoms with Crippen LogP contribution >= 0.6 is 12.2 Å². The number of rotatable bonds is 4. The molecule has 0 spiro atoms. The second-order valence-electron chi connectivity index (χ2n) is 5.37. The van der Waals surface area contributed by atoms with Crippen molar-refractivity contribution < 1.29 is 9.90 Å². The van der Waals surface area contributed by atoms with E-state index in [0.717, 1.165) is 28.7 Å². The summed E-state index contributed by atoms with van der Waals surface area (Å²) >= 11 is 5.09. The standard InChI is InChI=1S/C15H19NO2S/c1-8-9(2)12(15(17)18)7-13(14(16)19)11(8)6-10-4-3-5-10/h7,10H,3-6H2,1-2H3,(H2,16,19)(H,17,18). The topological polar surface area (TPSA) is 63.3 Å². The molecule has 1 aliphatic rings. The summed E-state index contributed by atoms with van der Waals surface area (Å²) in [5.41, 5.74) is 9.80. The van der Waals surface area contributed by atoms with E-state index in [4.69, 9.17) is 18.0 Å². The Hall–Kier alpha value is -1.42. The van der Waals surface area contributed by atoms with E-state index >= 15 is 0 Å². The largest absolute Gasteiger partial charge is 0.478 e. The van der Waals surface area contributed by atoms with E-state index in [0.29, 0.717) is 16.5 Å². The molecule has 0 aromatic heterocycles. The second kappa shape index (κ2) is 5.29. The molecule has 1 fully saturated rings. The van der Waals surface area contributed by atoms with Gasteiger partial charge in [-0.05, 0) is 48.9 Å². The van der Waals surface area contributed by atoms with Crippen molar-refractivity contribution in [3.8, 4) is 0 Å². The summed E-state index contributed by atoms with van der Waals surface area (Å²) in [5.74, 6) is -0.227. The van der Waals surface area contributed by atoms with Gasteiger partial charge in [0.2, 0.25) is 0 Å². The van der Waals surface area contributed by atoms with Crippen LogP contribution in [0.2, 0.25) is 0 Å². The average Bonchev–Trinajstić information content (AvgIpc) is 2.27. The number of aromatic carboxylic acids is 1. The lowest BCUT2D eigenvalue weighted by atomic mass is 9.78. The van der Waals surface area contributed by atoms with Gasteiger partial charge in [0.1, 0.15) is 4.99 Å². The summed E-state index contributed by atoms with van der Waals surface area (Å²) in [4.78, 5) is 11.6. The molecule has 1 aromatic carbocycles. The van der Waals surface area contributed by atoms with Crippen LogP contribution in [0, 0.1) is 19.8 Å². The van der Waals surface area contributed by atoms with E-state index in [1.165, 1.54) is 19.3 Å². The fraction of sp³-hybridized carbons (Fsp3) is 0.467. The lowest BCUT2D eigenvalue weighted by Crippen LogP contribution is -2.21. The predicted octanol–water partition coefficient (Wildman–Crippen LogP) is 2.98. The number of benzene rings is 1. The molecule has 1 saturated carbocycles. The van der Waals surface area contributed by atoms with E-state index in [1.807, 2.05) is 13.8 Å². The first-order chi connectivity index (χ1) is 8.91. The number of nitrogens with two attached hydrogens (primary N) is 1. The van der Waals surface area contributed by atoms with Gasteiger partial charge in [-0.3, -0.25) is 0 Å². The summed E-state index contributed by atoms with van der Waals surface area (Å²) in [6, 6.07) is 1.64. The Morgan fingerprint density at radius 3 is 2.42 bits per heavy atom. The smallest absolute Gasteiger partial charge is 0.335 e. The molecule has 19 heavy (non-hydrogen) atoms. The normalized spacial score (nSPS) is 15.1. The second-order valence-corrected chi connectivity index (χ2v) is 5.81. The third kappa shape index (κ3) is 2.63. The van der Waals surface area contributed by atoms with Gasteiger partial charge in [-0.1, -0.05) is 31.5 Å². The summed E-state index contributed by atoms with van der Waals surface area (Å²) < 4.78 is 0. The molecule has 0 bridgehead atoms. The summed E-state index contributed by atoms with van der Waals surface area (Å²) in [6.45, 7) is 3.82. The van der Waals surface area contributed by atoms with Crippen molar-refractivity contribution in [1.29, 1.82) is 0 Å². The number of hydrogen-bond donors (Lipinski definition) is 2. The van der Waals surface area contributed by atoms with Crippen molar-refractivity contribution in [1.82, 2.24) is 0 Å². The van der Waals surface area contributed by atoms with Crippen LogP contribution in [0.5, 0.6) is 0 Å². The SMILES string of the molecule is Cc1c(C(=O)O)cc(C(N)=S)c(CC2CCC2)c1C. The van der Waals surface area contributed by atoms with E-state index in [-0.39, 0.29) is 0 Å². The minimum Gasteiger partial charge on any atom is -0.478 e. The Morgan fingerprint density at radius 1 is 1.37 bits per heavy atom. The molecule has 1 aromatic rings. The number of carboxylic acids is 1. The van der Waals surface area contributed by atoms with Crippen molar-refractivity contribution in [2.24, 2.45) is 11.7 Å². The van der Waals surface area contributed by atoms with E-state index in [2.05, 4.69) is 0 Å². The first-order valence-corrected chi connectivity index (χ1v) is 6.98. The Kier molecular flexibility index (Phi) is 3.90. The lowest BCUT2D eigenvalue weighted by molar-refractivity contribution is 0.0696. The molecule has 0 saturated heterocycles. The number of hydrogen-bond acceptors (Lipinski definition) is 2. The Balaban J connectivity index is 2.53. The first-order valence-electron chi connectivity index (χ1n) is 6.58. The lowest BCUT2D eigenvalue weighted by Gasteiger charge is -2.28. The minimum absolute atomic E-state index is 0.292. The maximum Gasteiger partial charge on any atom is 0.335 e. The van der Waals surface area contributed by atoms with Gasteiger partial charge in [-0.25, -0.2) is 4.79 Å².